The molecule has 2 amide bonds. The van der Waals surface area contributed by atoms with E-state index in [0.29, 0.717) is 17.0 Å². The number of methoxy groups -OCH3 is 2. The third-order valence-corrected chi connectivity index (χ3v) is 3.61. The second-order valence-electron chi connectivity index (χ2n) is 5.31. The van der Waals surface area contributed by atoms with Gasteiger partial charge in [0, 0.05) is 12.2 Å². The summed E-state index contributed by atoms with van der Waals surface area (Å²) in [4.78, 5) is 11.9. The first kappa shape index (κ1) is 17.6. The Hall–Kier alpha value is -2.73. The first-order valence-electron chi connectivity index (χ1n) is 7.55. The van der Waals surface area contributed by atoms with Gasteiger partial charge in [-0.3, -0.25) is 0 Å². The lowest BCUT2D eigenvalue weighted by molar-refractivity contribution is 0.175. The number of ether oxygens (including phenoxy) is 2. The highest BCUT2D eigenvalue weighted by molar-refractivity contribution is 5.89. The molecule has 2 rings (SSSR count). The standard InChI is InChI=1S/C18H22N2O4/c1-12-10-14(6-9-17(12)24-3)20-18(22)19-11-16(21)13-4-7-15(23-2)8-5-13/h4-10,16,21H,11H2,1-3H3,(H2,19,20,22). The van der Waals surface area contributed by atoms with E-state index in [4.69, 9.17) is 9.47 Å². The summed E-state index contributed by atoms with van der Waals surface area (Å²) < 4.78 is 10.2. The van der Waals surface area contributed by atoms with Crippen LogP contribution in [0.15, 0.2) is 42.5 Å². The predicted octanol–water partition coefficient (Wildman–Crippen LogP) is 2.87. The van der Waals surface area contributed by atoms with Crippen molar-refractivity contribution in [1.29, 1.82) is 0 Å². The molecule has 0 aliphatic carbocycles. The smallest absolute Gasteiger partial charge is 0.319 e. The number of hydrogen-bond acceptors (Lipinski definition) is 4. The van der Waals surface area contributed by atoms with Crippen molar-refractivity contribution in [1.82, 2.24) is 5.32 Å². The fraction of sp³-hybridized carbons (Fsp3) is 0.278. The maximum absolute atomic E-state index is 11.9. The minimum atomic E-state index is -0.792. The average Bonchev–Trinajstić information content (AvgIpc) is 2.60. The van der Waals surface area contributed by atoms with Crippen LogP contribution in [0.5, 0.6) is 11.5 Å². The van der Waals surface area contributed by atoms with Gasteiger partial charge in [0.15, 0.2) is 0 Å². The molecule has 0 bridgehead atoms. The van der Waals surface area contributed by atoms with Gasteiger partial charge in [0.2, 0.25) is 0 Å². The van der Waals surface area contributed by atoms with Crippen molar-refractivity contribution in [2.45, 2.75) is 13.0 Å². The van der Waals surface area contributed by atoms with E-state index in [1.165, 1.54) is 0 Å². The topological polar surface area (TPSA) is 79.8 Å². The van der Waals surface area contributed by atoms with Gasteiger partial charge in [0.25, 0.3) is 0 Å². The zero-order valence-corrected chi connectivity index (χ0v) is 14.0. The normalized spacial score (nSPS) is 11.5. The molecule has 0 saturated heterocycles. The first-order chi connectivity index (χ1) is 11.5. The zero-order chi connectivity index (χ0) is 17.5. The second-order valence-corrected chi connectivity index (χ2v) is 5.31. The number of rotatable bonds is 6. The summed E-state index contributed by atoms with van der Waals surface area (Å²) in [5, 5.41) is 15.5. The Morgan fingerprint density at radius 1 is 1.12 bits per heavy atom. The second kappa shape index (κ2) is 8.21. The Labute approximate surface area is 141 Å². The highest BCUT2D eigenvalue weighted by Crippen LogP contribution is 2.21. The van der Waals surface area contributed by atoms with Crippen molar-refractivity contribution in [3.8, 4) is 11.5 Å². The third kappa shape index (κ3) is 4.63. The third-order valence-electron chi connectivity index (χ3n) is 3.61. The van der Waals surface area contributed by atoms with Crippen molar-refractivity contribution in [2.24, 2.45) is 0 Å². The number of carbonyl (C=O) groups excluding carboxylic acids is 1. The van der Waals surface area contributed by atoms with Gasteiger partial charge in [0.05, 0.1) is 20.3 Å². The monoisotopic (exact) mass is 330 g/mol. The van der Waals surface area contributed by atoms with Gasteiger partial charge in [-0.25, -0.2) is 4.79 Å². The SMILES string of the molecule is COc1ccc(C(O)CNC(=O)Nc2ccc(OC)c(C)c2)cc1. The number of anilines is 1. The van der Waals surface area contributed by atoms with Crippen molar-refractivity contribution >= 4 is 11.7 Å². The lowest BCUT2D eigenvalue weighted by Gasteiger charge is -2.14. The fourth-order valence-corrected chi connectivity index (χ4v) is 2.26. The summed E-state index contributed by atoms with van der Waals surface area (Å²) in [6, 6.07) is 12.0. The van der Waals surface area contributed by atoms with Gasteiger partial charge in [-0.1, -0.05) is 12.1 Å². The van der Waals surface area contributed by atoms with Crippen LogP contribution in [0.4, 0.5) is 10.5 Å². The van der Waals surface area contributed by atoms with E-state index in [0.717, 1.165) is 11.3 Å². The number of nitrogens with one attached hydrogen (secondary N) is 2. The Bertz CT molecular complexity index is 686. The quantitative estimate of drug-likeness (QED) is 0.761. The molecule has 0 spiro atoms. The molecule has 0 aliphatic heterocycles. The molecule has 6 heteroatoms. The molecule has 0 aliphatic rings. The molecule has 24 heavy (non-hydrogen) atoms. The van der Waals surface area contributed by atoms with Gasteiger partial charge in [-0.2, -0.15) is 0 Å². The van der Waals surface area contributed by atoms with Gasteiger partial charge < -0.3 is 25.2 Å². The number of carbonyl (C=O) groups is 1. The summed E-state index contributed by atoms with van der Waals surface area (Å²) >= 11 is 0. The number of aryl methyl sites for hydroxylation is 1. The lowest BCUT2D eigenvalue weighted by atomic mass is 10.1. The summed E-state index contributed by atoms with van der Waals surface area (Å²) in [5.74, 6) is 1.47. The summed E-state index contributed by atoms with van der Waals surface area (Å²) in [6.07, 6.45) is -0.792. The Balaban J connectivity index is 1.86. The number of hydrogen-bond donors (Lipinski definition) is 3. The molecule has 6 nitrogen and oxygen atoms in total. The number of benzene rings is 2. The molecule has 128 valence electrons. The Kier molecular flexibility index (Phi) is 6.03. The van der Waals surface area contributed by atoms with Crippen LogP contribution >= 0.6 is 0 Å². The minimum Gasteiger partial charge on any atom is -0.497 e. The van der Waals surface area contributed by atoms with Crippen LogP contribution in [-0.4, -0.2) is 31.9 Å². The van der Waals surface area contributed by atoms with Crippen LogP contribution in [-0.2, 0) is 0 Å². The molecular weight excluding hydrogens is 308 g/mol. The van der Waals surface area contributed by atoms with Gasteiger partial charge in [-0.15, -0.1) is 0 Å². The molecule has 0 heterocycles. The maximum atomic E-state index is 11.9. The van der Waals surface area contributed by atoms with Crippen LogP contribution in [0.3, 0.4) is 0 Å². The van der Waals surface area contributed by atoms with E-state index in [-0.39, 0.29) is 12.6 Å². The number of urea groups is 1. The van der Waals surface area contributed by atoms with Crippen LogP contribution < -0.4 is 20.1 Å². The van der Waals surface area contributed by atoms with Gasteiger partial charge in [0.1, 0.15) is 11.5 Å². The molecule has 0 fully saturated rings. The number of aliphatic hydroxyl groups is 1. The summed E-state index contributed by atoms with van der Waals surface area (Å²) in [5.41, 5.74) is 2.29. The van der Waals surface area contributed by atoms with Crippen LogP contribution in [0.1, 0.15) is 17.2 Å². The molecule has 0 radical (unpaired) electrons. The largest absolute Gasteiger partial charge is 0.497 e. The van der Waals surface area contributed by atoms with Crippen LogP contribution in [0, 0.1) is 6.92 Å². The minimum absolute atomic E-state index is 0.104. The van der Waals surface area contributed by atoms with Crippen molar-refractivity contribution < 1.29 is 19.4 Å². The lowest BCUT2D eigenvalue weighted by Crippen LogP contribution is -2.32. The molecule has 0 aromatic heterocycles. The van der Waals surface area contributed by atoms with Crippen molar-refractivity contribution in [3.05, 3.63) is 53.6 Å². The fourth-order valence-electron chi connectivity index (χ4n) is 2.26. The van der Waals surface area contributed by atoms with E-state index in [1.54, 1.807) is 50.6 Å². The molecule has 2 aromatic rings. The summed E-state index contributed by atoms with van der Waals surface area (Å²) in [7, 11) is 3.18. The highest BCUT2D eigenvalue weighted by Gasteiger charge is 2.10. The molecule has 3 N–H and O–H groups in total. The Morgan fingerprint density at radius 2 is 1.83 bits per heavy atom. The molecule has 2 aromatic carbocycles. The molecular formula is C18H22N2O4. The van der Waals surface area contributed by atoms with Crippen molar-refractivity contribution in [3.63, 3.8) is 0 Å². The Morgan fingerprint density at radius 3 is 2.42 bits per heavy atom. The van der Waals surface area contributed by atoms with Crippen LogP contribution in [0.2, 0.25) is 0 Å². The summed E-state index contributed by atoms with van der Waals surface area (Å²) in [6.45, 7) is 2.00. The van der Waals surface area contributed by atoms with Gasteiger partial charge in [-0.05, 0) is 48.4 Å². The average molecular weight is 330 g/mol. The highest BCUT2D eigenvalue weighted by atomic mass is 16.5. The maximum Gasteiger partial charge on any atom is 0.319 e. The number of aliphatic hydroxyl groups excluding tert-OH is 1. The first-order valence-corrected chi connectivity index (χ1v) is 7.55. The van der Waals surface area contributed by atoms with E-state index >= 15 is 0 Å². The van der Waals surface area contributed by atoms with E-state index in [9.17, 15) is 9.90 Å². The van der Waals surface area contributed by atoms with E-state index in [2.05, 4.69) is 10.6 Å². The van der Waals surface area contributed by atoms with Crippen LogP contribution in [0.25, 0.3) is 0 Å². The predicted molar refractivity (Wildman–Crippen MR) is 92.7 cm³/mol. The van der Waals surface area contributed by atoms with Gasteiger partial charge >= 0.3 is 6.03 Å². The van der Waals surface area contributed by atoms with Crippen molar-refractivity contribution in [2.75, 3.05) is 26.1 Å². The molecule has 1 unspecified atom stereocenters. The van der Waals surface area contributed by atoms with E-state index < -0.39 is 6.10 Å². The number of amides is 2. The molecule has 0 saturated carbocycles. The molecule has 1 atom stereocenters. The van der Waals surface area contributed by atoms with E-state index in [1.807, 2.05) is 13.0 Å². The zero-order valence-electron chi connectivity index (χ0n) is 14.0.